The minimum Gasteiger partial charge on any atom is -0.322 e. The largest absolute Gasteiger partial charge is 0.344 e. The second-order valence-electron chi connectivity index (χ2n) is 8.28. The van der Waals surface area contributed by atoms with Crippen LogP contribution >= 0.6 is 23.4 Å². The van der Waals surface area contributed by atoms with Gasteiger partial charge < -0.3 is 5.32 Å². The van der Waals surface area contributed by atoms with Gasteiger partial charge >= 0.3 is 6.03 Å². The second-order valence-corrected chi connectivity index (χ2v) is 9.65. The van der Waals surface area contributed by atoms with Gasteiger partial charge in [-0.25, -0.2) is 9.78 Å². The molecule has 1 aromatic heterocycles. The van der Waals surface area contributed by atoms with E-state index in [1.54, 1.807) is 36.6 Å². The highest BCUT2D eigenvalue weighted by Crippen LogP contribution is 2.22. The van der Waals surface area contributed by atoms with Crippen LogP contribution in [0.3, 0.4) is 0 Å². The van der Waals surface area contributed by atoms with Crippen LogP contribution in [0, 0.1) is 5.92 Å². The SMILES string of the molecule is CCC1(C)NC(=O)N(NC(=O)CSc2nc3cc(Cl)ccc3c(=O)n2CCC(C)C)C1=O. The number of fused-ring (bicyclic) bond motifs is 1. The van der Waals surface area contributed by atoms with Crippen LogP contribution in [0.25, 0.3) is 10.9 Å². The summed E-state index contributed by atoms with van der Waals surface area (Å²) >= 11 is 7.12. The lowest BCUT2D eigenvalue weighted by atomic mass is 10.00. The molecule has 172 valence electrons. The summed E-state index contributed by atoms with van der Waals surface area (Å²) in [7, 11) is 0. The zero-order valence-electron chi connectivity index (χ0n) is 18.4. The molecule has 0 radical (unpaired) electrons. The monoisotopic (exact) mass is 479 g/mol. The van der Waals surface area contributed by atoms with E-state index in [1.165, 1.54) is 0 Å². The van der Waals surface area contributed by atoms with Crippen LogP contribution in [0.5, 0.6) is 0 Å². The van der Waals surface area contributed by atoms with Crippen molar-refractivity contribution in [1.29, 1.82) is 0 Å². The molecular formula is C21H26ClN5O4S. The highest BCUT2D eigenvalue weighted by molar-refractivity contribution is 7.99. The first-order valence-corrected chi connectivity index (χ1v) is 11.7. The minimum atomic E-state index is -1.05. The van der Waals surface area contributed by atoms with Crippen molar-refractivity contribution in [3.8, 4) is 0 Å². The van der Waals surface area contributed by atoms with E-state index in [2.05, 4.69) is 29.6 Å². The Morgan fingerprint density at radius 1 is 1.31 bits per heavy atom. The van der Waals surface area contributed by atoms with E-state index in [0.717, 1.165) is 18.2 Å². The summed E-state index contributed by atoms with van der Waals surface area (Å²) in [4.78, 5) is 54.6. The van der Waals surface area contributed by atoms with Crippen molar-refractivity contribution < 1.29 is 14.4 Å². The molecule has 1 saturated heterocycles. The van der Waals surface area contributed by atoms with Gasteiger partial charge in [-0.05, 0) is 43.9 Å². The number of aromatic nitrogens is 2. The van der Waals surface area contributed by atoms with Crippen molar-refractivity contribution in [2.24, 2.45) is 5.92 Å². The van der Waals surface area contributed by atoms with Crippen LogP contribution in [0.15, 0.2) is 28.2 Å². The van der Waals surface area contributed by atoms with E-state index >= 15 is 0 Å². The quantitative estimate of drug-likeness (QED) is 0.342. The van der Waals surface area contributed by atoms with Gasteiger partial charge in [-0.3, -0.25) is 24.4 Å². The first-order valence-electron chi connectivity index (χ1n) is 10.3. The summed E-state index contributed by atoms with van der Waals surface area (Å²) in [5.41, 5.74) is 1.53. The Bertz CT molecular complexity index is 1140. The number of nitrogens with one attached hydrogen (secondary N) is 2. The number of halogens is 1. The first kappa shape index (κ1) is 24.1. The molecule has 1 aliphatic heterocycles. The number of hydrogen-bond donors (Lipinski definition) is 2. The lowest BCUT2D eigenvalue weighted by molar-refractivity contribution is -0.137. The maximum absolute atomic E-state index is 13.0. The minimum absolute atomic E-state index is 0.139. The van der Waals surface area contributed by atoms with Gasteiger partial charge in [-0.15, -0.1) is 0 Å². The van der Waals surface area contributed by atoms with Gasteiger partial charge in [0.1, 0.15) is 5.54 Å². The van der Waals surface area contributed by atoms with Crippen LogP contribution in [0.2, 0.25) is 5.02 Å². The van der Waals surface area contributed by atoms with Gasteiger partial charge in [0.25, 0.3) is 11.5 Å². The topological polar surface area (TPSA) is 113 Å². The number of imide groups is 1. The Morgan fingerprint density at radius 3 is 2.66 bits per heavy atom. The number of thioether (sulfide) groups is 1. The van der Waals surface area contributed by atoms with Crippen LogP contribution in [0.1, 0.15) is 40.5 Å². The summed E-state index contributed by atoms with van der Waals surface area (Å²) < 4.78 is 1.55. The van der Waals surface area contributed by atoms with Crippen molar-refractivity contribution >= 4 is 52.1 Å². The summed E-state index contributed by atoms with van der Waals surface area (Å²) in [5, 5.41) is 4.55. The Morgan fingerprint density at radius 2 is 2.03 bits per heavy atom. The number of urea groups is 1. The fraction of sp³-hybridized carbons (Fsp3) is 0.476. The van der Waals surface area contributed by atoms with E-state index in [1.807, 2.05) is 0 Å². The lowest BCUT2D eigenvalue weighted by Crippen LogP contribution is -2.49. The second kappa shape index (κ2) is 9.50. The number of hydrogen-bond acceptors (Lipinski definition) is 6. The van der Waals surface area contributed by atoms with E-state index in [9.17, 15) is 19.2 Å². The predicted molar refractivity (Wildman–Crippen MR) is 123 cm³/mol. The van der Waals surface area contributed by atoms with Gasteiger partial charge in [-0.1, -0.05) is 44.1 Å². The van der Waals surface area contributed by atoms with Gasteiger partial charge in [0.05, 0.1) is 16.7 Å². The zero-order chi connectivity index (χ0) is 23.6. The first-order chi connectivity index (χ1) is 15.1. The van der Waals surface area contributed by atoms with Crippen LogP contribution < -0.4 is 16.3 Å². The highest BCUT2D eigenvalue weighted by atomic mass is 35.5. The molecule has 1 unspecified atom stereocenters. The third-order valence-electron chi connectivity index (χ3n) is 5.35. The maximum Gasteiger partial charge on any atom is 0.344 e. The number of hydrazine groups is 1. The summed E-state index contributed by atoms with van der Waals surface area (Å²) in [6.07, 6.45) is 1.16. The third-order valence-corrected chi connectivity index (χ3v) is 6.56. The molecule has 1 aliphatic rings. The maximum atomic E-state index is 13.0. The standard InChI is InChI=1S/C21H26ClN5O4S/c1-5-21(4)18(30)27(19(31)24-21)25-16(28)11-32-20-23-15-10-13(22)6-7-14(15)17(29)26(20)9-8-12(2)3/h6-7,10,12H,5,8-9,11H2,1-4H3,(H,24,31)(H,25,28). The molecule has 2 N–H and O–H groups in total. The fourth-order valence-electron chi connectivity index (χ4n) is 3.18. The highest BCUT2D eigenvalue weighted by Gasteiger charge is 2.47. The molecule has 4 amide bonds. The molecule has 1 aromatic carbocycles. The van der Waals surface area contributed by atoms with E-state index in [-0.39, 0.29) is 11.3 Å². The van der Waals surface area contributed by atoms with Gasteiger partial charge in [0.15, 0.2) is 5.16 Å². The van der Waals surface area contributed by atoms with Gasteiger partial charge in [-0.2, -0.15) is 5.01 Å². The van der Waals surface area contributed by atoms with Crippen LogP contribution in [0.4, 0.5) is 4.79 Å². The number of benzene rings is 1. The van der Waals surface area contributed by atoms with Crippen molar-refractivity contribution in [1.82, 2.24) is 25.3 Å². The van der Waals surface area contributed by atoms with Crippen LogP contribution in [-0.4, -0.2) is 43.7 Å². The Balaban J connectivity index is 1.81. The average molecular weight is 480 g/mol. The molecule has 1 fully saturated rings. The number of carbonyl (C=O) groups excluding carboxylic acids is 3. The molecule has 0 saturated carbocycles. The van der Waals surface area contributed by atoms with Crippen molar-refractivity contribution in [3.63, 3.8) is 0 Å². The van der Waals surface area contributed by atoms with E-state index in [4.69, 9.17) is 11.6 Å². The summed E-state index contributed by atoms with van der Waals surface area (Å²) in [6, 6.07) is 4.21. The van der Waals surface area contributed by atoms with Crippen molar-refractivity contribution in [2.45, 2.75) is 57.8 Å². The average Bonchev–Trinajstić information content (AvgIpc) is 2.94. The Labute approximate surface area is 194 Å². The molecular weight excluding hydrogens is 454 g/mol. The normalized spacial score (nSPS) is 18.5. The van der Waals surface area contributed by atoms with Gasteiger partial charge in [0.2, 0.25) is 5.91 Å². The number of amides is 4. The molecule has 11 heteroatoms. The molecule has 9 nitrogen and oxygen atoms in total. The molecule has 2 heterocycles. The lowest BCUT2D eigenvalue weighted by Gasteiger charge is -2.19. The van der Waals surface area contributed by atoms with E-state index < -0.39 is 23.4 Å². The fourth-order valence-corrected chi connectivity index (χ4v) is 4.17. The number of nitrogens with zero attached hydrogens (tertiary/aromatic N) is 3. The van der Waals surface area contributed by atoms with Crippen molar-refractivity contribution in [2.75, 3.05) is 5.75 Å². The number of carbonyl (C=O) groups is 3. The summed E-state index contributed by atoms with van der Waals surface area (Å²) in [5.74, 6) is -0.845. The Kier molecular flexibility index (Phi) is 7.14. The third kappa shape index (κ3) is 4.91. The molecule has 1 atom stereocenters. The van der Waals surface area contributed by atoms with E-state index in [0.29, 0.717) is 45.0 Å². The summed E-state index contributed by atoms with van der Waals surface area (Å²) in [6.45, 7) is 7.94. The van der Waals surface area contributed by atoms with Crippen molar-refractivity contribution in [3.05, 3.63) is 33.6 Å². The zero-order valence-corrected chi connectivity index (χ0v) is 20.0. The molecule has 3 rings (SSSR count). The molecule has 32 heavy (non-hydrogen) atoms. The smallest absolute Gasteiger partial charge is 0.322 e. The molecule has 0 spiro atoms. The van der Waals surface area contributed by atoms with Crippen LogP contribution in [-0.2, 0) is 16.1 Å². The molecule has 2 aromatic rings. The Hall–Kier alpha value is -2.59. The van der Waals surface area contributed by atoms with Gasteiger partial charge in [0, 0.05) is 11.6 Å². The molecule has 0 bridgehead atoms. The molecule has 0 aliphatic carbocycles. The number of rotatable bonds is 8. The predicted octanol–water partition coefficient (Wildman–Crippen LogP) is 2.94.